The van der Waals surface area contributed by atoms with Crippen LogP contribution in [0.3, 0.4) is 0 Å². The van der Waals surface area contributed by atoms with Crippen LogP contribution in [0.2, 0.25) is 0 Å². The molecular formula is C16H21NO2. The van der Waals surface area contributed by atoms with E-state index in [-0.39, 0.29) is 11.8 Å². The third-order valence-electron chi connectivity index (χ3n) is 3.94. The molecule has 0 saturated carbocycles. The minimum Gasteiger partial charge on any atom is -0.375 e. The number of nitrogens with one attached hydrogen (secondary N) is 1. The molecule has 3 nitrogen and oxygen atoms in total. The number of allylic oxidation sites excluding steroid dienone is 3. The van der Waals surface area contributed by atoms with Gasteiger partial charge in [-0.15, -0.1) is 0 Å². The topological polar surface area (TPSA) is 46.2 Å². The highest BCUT2D eigenvalue weighted by atomic mass is 16.1. The van der Waals surface area contributed by atoms with E-state index in [1.54, 1.807) is 0 Å². The molecule has 0 aromatic carbocycles. The molecule has 0 amide bonds. The second-order valence-electron chi connectivity index (χ2n) is 4.88. The van der Waals surface area contributed by atoms with Crippen molar-refractivity contribution in [1.82, 2.24) is 5.32 Å². The summed E-state index contributed by atoms with van der Waals surface area (Å²) in [4.78, 5) is 22.8. The Kier molecular flexibility index (Phi) is 4.03. The van der Waals surface area contributed by atoms with Crippen molar-refractivity contribution in [3.05, 3.63) is 34.1 Å². The first-order valence-corrected chi connectivity index (χ1v) is 7.12. The zero-order valence-electron chi connectivity index (χ0n) is 11.9. The number of aldehydes is 1. The molecule has 1 atom stereocenters. The second-order valence-corrected chi connectivity index (χ2v) is 4.88. The van der Waals surface area contributed by atoms with Crippen LogP contribution in [0.4, 0.5) is 0 Å². The molecule has 0 fully saturated rings. The van der Waals surface area contributed by atoms with Crippen molar-refractivity contribution in [2.24, 2.45) is 0 Å². The number of hydrogen-bond acceptors (Lipinski definition) is 3. The average molecular weight is 259 g/mol. The lowest BCUT2D eigenvalue weighted by atomic mass is 9.83. The van der Waals surface area contributed by atoms with Crippen molar-refractivity contribution < 1.29 is 9.59 Å². The van der Waals surface area contributed by atoms with Gasteiger partial charge in [0.25, 0.3) is 0 Å². The molecule has 0 spiro atoms. The Morgan fingerprint density at radius 1 is 1.32 bits per heavy atom. The molecule has 1 aliphatic heterocycles. The maximum absolute atomic E-state index is 11.8. The van der Waals surface area contributed by atoms with Crippen LogP contribution in [-0.2, 0) is 9.59 Å². The maximum Gasteiger partial charge on any atom is 0.178 e. The smallest absolute Gasteiger partial charge is 0.178 e. The number of fused-ring (bicyclic) bond motifs is 2. The van der Waals surface area contributed by atoms with Gasteiger partial charge in [0.1, 0.15) is 6.29 Å². The lowest BCUT2D eigenvalue weighted by Gasteiger charge is -2.21. The van der Waals surface area contributed by atoms with E-state index in [4.69, 9.17) is 0 Å². The van der Waals surface area contributed by atoms with Gasteiger partial charge in [-0.25, -0.2) is 0 Å². The van der Waals surface area contributed by atoms with Crippen molar-refractivity contribution in [3.63, 3.8) is 0 Å². The van der Waals surface area contributed by atoms with Gasteiger partial charge >= 0.3 is 0 Å². The van der Waals surface area contributed by atoms with Crippen molar-refractivity contribution >= 4 is 12.1 Å². The fourth-order valence-electron chi connectivity index (χ4n) is 3.09. The number of hydrogen-bond donors (Lipinski definition) is 1. The summed E-state index contributed by atoms with van der Waals surface area (Å²) in [6.07, 6.45) is 6.24. The van der Waals surface area contributed by atoms with Crippen LogP contribution in [0, 0.1) is 0 Å². The second kappa shape index (κ2) is 5.55. The molecule has 0 aromatic rings. The molecule has 0 radical (unpaired) electrons. The largest absolute Gasteiger partial charge is 0.375 e. The van der Waals surface area contributed by atoms with Gasteiger partial charge in [-0.1, -0.05) is 19.9 Å². The van der Waals surface area contributed by atoms with Crippen LogP contribution in [0.25, 0.3) is 0 Å². The predicted molar refractivity (Wildman–Crippen MR) is 75.6 cm³/mol. The lowest BCUT2D eigenvalue weighted by Crippen LogP contribution is -2.28. The highest BCUT2D eigenvalue weighted by molar-refractivity contribution is 5.99. The molecule has 2 aliphatic carbocycles. The summed E-state index contributed by atoms with van der Waals surface area (Å²) in [5, 5.41) is 3.33. The summed E-state index contributed by atoms with van der Waals surface area (Å²) in [5.41, 5.74) is 5.01. The summed E-state index contributed by atoms with van der Waals surface area (Å²) in [6.45, 7) is 5.98. The first-order valence-electron chi connectivity index (χ1n) is 7.12. The number of rotatable bonds is 1. The van der Waals surface area contributed by atoms with E-state index >= 15 is 0 Å². The Labute approximate surface area is 114 Å². The standard InChI is InChI=1S/C14H15NO2.C2H6/c1-8-9(7-16)5-6-11-13(8)10-3-2-4-12(17)14(10)15-11;1-2/h5,7,11,15H,2-4,6H2,1H3;1-2H3. The SMILES string of the molecule is CC.CC1=C2C3=C(NC2CC=C1C=O)C(=O)CCC3. The highest BCUT2D eigenvalue weighted by Gasteiger charge is 2.36. The first kappa shape index (κ1) is 13.8. The van der Waals surface area contributed by atoms with E-state index in [9.17, 15) is 9.59 Å². The molecule has 19 heavy (non-hydrogen) atoms. The van der Waals surface area contributed by atoms with E-state index in [0.717, 1.165) is 48.0 Å². The summed E-state index contributed by atoms with van der Waals surface area (Å²) in [7, 11) is 0. The molecule has 0 bridgehead atoms. The van der Waals surface area contributed by atoms with E-state index in [2.05, 4.69) is 5.32 Å². The van der Waals surface area contributed by atoms with Crippen LogP contribution in [0.1, 0.15) is 46.5 Å². The number of ketones is 1. The van der Waals surface area contributed by atoms with Gasteiger partial charge in [-0.2, -0.15) is 0 Å². The molecule has 0 aromatic heterocycles. The molecule has 0 saturated heterocycles. The van der Waals surface area contributed by atoms with Gasteiger partial charge in [0.15, 0.2) is 5.78 Å². The summed E-state index contributed by atoms with van der Waals surface area (Å²) in [6, 6.07) is 0.214. The summed E-state index contributed by atoms with van der Waals surface area (Å²) in [5.74, 6) is 0.230. The lowest BCUT2D eigenvalue weighted by molar-refractivity contribution is -0.116. The fraction of sp³-hybridized carbons (Fsp3) is 0.500. The maximum atomic E-state index is 11.8. The molecule has 1 heterocycles. The molecule has 3 rings (SSSR count). The van der Waals surface area contributed by atoms with Crippen molar-refractivity contribution in [2.45, 2.75) is 52.5 Å². The number of carbonyl (C=O) groups is 2. The zero-order valence-corrected chi connectivity index (χ0v) is 11.9. The molecule has 3 aliphatic rings. The minimum atomic E-state index is 0.214. The Balaban J connectivity index is 0.000000637. The van der Waals surface area contributed by atoms with E-state index in [0.29, 0.717) is 6.42 Å². The molecule has 102 valence electrons. The zero-order chi connectivity index (χ0) is 14.0. The van der Waals surface area contributed by atoms with Crippen LogP contribution in [0.15, 0.2) is 34.1 Å². The van der Waals surface area contributed by atoms with Gasteiger partial charge in [-0.05, 0) is 42.9 Å². The van der Waals surface area contributed by atoms with Crippen molar-refractivity contribution in [1.29, 1.82) is 0 Å². The normalized spacial score (nSPS) is 24.9. The summed E-state index contributed by atoms with van der Waals surface area (Å²) < 4.78 is 0. The average Bonchev–Trinajstić information content (AvgIpc) is 2.82. The van der Waals surface area contributed by atoms with Gasteiger partial charge in [0.2, 0.25) is 0 Å². The monoisotopic (exact) mass is 259 g/mol. The van der Waals surface area contributed by atoms with Crippen LogP contribution in [-0.4, -0.2) is 18.1 Å². The van der Waals surface area contributed by atoms with Crippen molar-refractivity contribution in [3.8, 4) is 0 Å². The fourth-order valence-corrected chi connectivity index (χ4v) is 3.09. The van der Waals surface area contributed by atoms with Crippen molar-refractivity contribution in [2.75, 3.05) is 0 Å². The van der Waals surface area contributed by atoms with Crippen LogP contribution < -0.4 is 5.32 Å². The number of Topliss-reactive ketones (excluding diaryl/α,β-unsaturated/α-hetero) is 1. The highest BCUT2D eigenvalue weighted by Crippen LogP contribution is 2.40. The van der Waals surface area contributed by atoms with E-state index in [1.807, 2.05) is 26.8 Å². The van der Waals surface area contributed by atoms with Crippen LogP contribution >= 0.6 is 0 Å². The van der Waals surface area contributed by atoms with Gasteiger partial charge in [0, 0.05) is 12.0 Å². The Morgan fingerprint density at radius 3 is 2.74 bits per heavy atom. The Bertz CT molecular complexity index is 509. The van der Waals surface area contributed by atoms with Gasteiger partial charge in [-0.3, -0.25) is 9.59 Å². The molecular weight excluding hydrogens is 238 g/mol. The molecule has 1 N–H and O–H groups in total. The Hall–Kier alpha value is -1.64. The number of carbonyl (C=O) groups excluding carboxylic acids is 2. The first-order chi connectivity index (χ1) is 9.22. The van der Waals surface area contributed by atoms with E-state index < -0.39 is 0 Å². The van der Waals surface area contributed by atoms with E-state index in [1.165, 1.54) is 5.57 Å². The summed E-state index contributed by atoms with van der Waals surface area (Å²) >= 11 is 0. The van der Waals surface area contributed by atoms with Gasteiger partial charge < -0.3 is 5.32 Å². The predicted octanol–water partition coefficient (Wildman–Crippen LogP) is 2.84. The molecule has 3 heteroatoms. The molecule has 1 unspecified atom stereocenters. The third-order valence-corrected chi connectivity index (χ3v) is 3.94. The quantitative estimate of drug-likeness (QED) is 0.736. The van der Waals surface area contributed by atoms with Crippen LogP contribution in [0.5, 0.6) is 0 Å². The third kappa shape index (κ3) is 2.18. The minimum absolute atomic E-state index is 0.214. The van der Waals surface area contributed by atoms with Gasteiger partial charge in [0.05, 0.1) is 11.7 Å². The Morgan fingerprint density at radius 2 is 2.05 bits per heavy atom.